The Labute approximate surface area is 192 Å². The first-order chi connectivity index (χ1) is 15.8. The predicted molar refractivity (Wildman–Crippen MR) is 131 cm³/mol. The molecular weight excluding hydrogens is 414 g/mol. The van der Waals surface area contributed by atoms with Crippen LogP contribution in [0.3, 0.4) is 0 Å². The van der Waals surface area contributed by atoms with Crippen molar-refractivity contribution >= 4 is 22.8 Å². The average molecular weight is 445 g/mol. The van der Waals surface area contributed by atoms with E-state index in [1.165, 1.54) is 15.7 Å². The highest BCUT2D eigenvalue weighted by Gasteiger charge is 2.33. The number of aromatic nitrogens is 4. The summed E-state index contributed by atoms with van der Waals surface area (Å²) in [7, 11) is 1.73. The number of rotatable bonds is 3. The van der Waals surface area contributed by atoms with Crippen molar-refractivity contribution in [2.24, 2.45) is 7.05 Å². The summed E-state index contributed by atoms with van der Waals surface area (Å²) < 4.78 is 4.96. The number of imidazole rings is 1. The summed E-state index contributed by atoms with van der Waals surface area (Å²) in [5.74, 6) is 0.844. The van der Waals surface area contributed by atoms with Crippen molar-refractivity contribution in [2.45, 2.75) is 47.2 Å². The second-order valence-corrected chi connectivity index (χ2v) is 9.23. The fourth-order valence-electron chi connectivity index (χ4n) is 4.77. The van der Waals surface area contributed by atoms with E-state index in [9.17, 15) is 9.59 Å². The quantitative estimate of drug-likeness (QED) is 0.494. The van der Waals surface area contributed by atoms with E-state index in [0.29, 0.717) is 11.2 Å². The van der Waals surface area contributed by atoms with Crippen molar-refractivity contribution < 1.29 is 4.57 Å². The molecule has 0 bridgehead atoms. The molecular formula is C26H30N5O2+. The highest BCUT2D eigenvalue weighted by atomic mass is 16.2. The molecule has 0 saturated heterocycles. The number of fused-ring (bicyclic) bond motifs is 3. The second-order valence-electron chi connectivity index (χ2n) is 9.23. The molecule has 1 aliphatic rings. The van der Waals surface area contributed by atoms with E-state index < -0.39 is 0 Å². The van der Waals surface area contributed by atoms with Gasteiger partial charge in [0.05, 0.1) is 19.6 Å². The Morgan fingerprint density at radius 2 is 1.73 bits per heavy atom. The lowest BCUT2D eigenvalue weighted by Crippen LogP contribution is -2.49. The number of H-pyrrole nitrogens is 1. The normalized spacial score (nSPS) is 13.5. The molecule has 5 rings (SSSR count). The number of aryl methyl sites for hydroxylation is 6. The van der Waals surface area contributed by atoms with Crippen molar-refractivity contribution in [1.29, 1.82) is 0 Å². The third-order valence-corrected chi connectivity index (χ3v) is 6.94. The van der Waals surface area contributed by atoms with E-state index in [-0.39, 0.29) is 17.8 Å². The first kappa shape index (κ1) is 21.2. The second kappa shape index (κ2) is 7.76. The van der Waals surface area contributed by atoms with Crippen molar-refractivity contribution in [3.63, 3.8) is 0 Å². The van der Waals surface area contributed by atoms with E-state index in [0.717, 1.165) is 47.8 Å². The molecule has 0 amide bonds. The van der Waals surface area contributed by atoms with E-state index in [4.69, 9.17) is 0 Å². The molecule has 3 heterocycles. The average Bonchev–Trinajstić information content (AvgIpc) is 3.19. The lowest BCUT2D eigenvalue weighted by Gasteiger charge is -2.22. The molecule has 4 aromatic rings. The molecule has 2 aromatic carbocycles. The van der Waals surface area contributed by atoms with Gasteiger partial charge < -0.3 is 0 Å². The highest BCUT2D eigenvalue weighted by molar-refractivity contribution is 5.70. The van der Waals surface area contributed by atoms with Gasteiger partial charge in [-0.15, -0.1) is 0 Å². The molecule has 1 aliphatic heterocycles. The smallest absolute Gasteiger partial charge is 0.267 e. The Morgan fingerprint density at radius 3 is 2.48 bits per heavy atom. The maximum atomic E-state index is 13.7. The first-order valence-corrected chi connectivity index (χ1v) is 11.4. The van der Waals surface area contributed by atoms with Gasteiger partial charge in [-0.1, -0.05) is 29.8 Å². The van der Waals surface area contributed by atoms with Gasteiger partial charge in [0.15, 0.2) is 0 Å². The Hall–Kier alpha value is -3.61. The highest BCUT2D eigenvalue weighted by Crippen LogP contribution is 2.27. The zero-order valence-corrected chi connectivity index (χ0v) is 19.9. The fourth-order valence-corrected chi connectivity index (χ4v) is 4.77. The van der Waals surface area contributed by atoms with Gasteiger partial charge in [0.2, 0.25) is 11.2 Å². The van der Waals surface area contributed by atoms with E-state index in [1.807, 2.05) is 36.6 Å². The fraction of sp³-hybridized carbons (Fsp3) is 0.346. The maximum Gasteiger partial charge on any atom is 0.364 e. The number of hydrogen-bond donors (Lipinski definition) is 1. The largest absolute Gasteiger partial charge is 0.364 e. The van der Waals surface area contributed by atoms with Crippen molar-refractivity contribution in [3.05, 3.63) is 85.1 Å². The predicted octanol–water partition coefficient (Wildman–Crippen LogP) is 3.14. The molecule has 170 valence electrons. The van der Waals surface area contributed by atoms with Crippen LogP contribution in [-0.4, -0.2) is 20.7 Å². The molecule has 7 heteroatoms. The lowest BCUT2D eigenvalue weighted by atomic mass is 10.1. The van der Waals surface area contributed by atoms with Crippen LogP contribution in [0.1, 0.15) is 34.2 Å². The zero-order valence-electron chi connectivity index (χ0n) is 19.9. The third-order valence-electron chi connectivity index (χ3n) is 6.94. The Kier molecular flexibility index (Phi) is 5.00. The van der Waals surface area contributed by atoms with Crippen molar-refractivity contribution in [2.75, 3.05) is 11.4 Å². The Bertz CT molecular complexity index is 1520. The molecule has 0 spiro atoms. The maximum absolute atomic E-state index is 13.7. The monoisotopic (exact) mass is 444 g/mol. The van der Waals surface area contributed by atoms with Crippen LogP contribution in [0.5, 0.6) is 0 Å². The first-order valence-electron chi connectivity index (χ1n) is 11.4. The number of anilines is 2. The van der Waals surface area contributed by atoms with Gasteiger partial charge in [0.25, 0.3) is 5.56 Å². The van der Waals surface area contributed by atoms with E-state index in [1.54, 1.807) is 11.6 Å². The van der Waals surface area contributed by atoms with Gasteiger partial charge in [-0.25, -0.2) is 19.2 Å². The minimum absolute atomic E-state index is 0.251. The van der Waals surface area contributed by atoms with Crippen LogP contribution in [0.25, 0.3) is 11.2 Å². The molecule has 7 nitrogen and oxygen atoms in total. The summed E-state index contributed by atoms with van der Waals surface area (Å²) in [4.78, 5) is 32.5. The summed E-state index contributed by atoms with van der Waals surface area (Å²) >= 11 is 0. The molecule has 33 heavy (non-hydrogen) atoms. The lowest BCUT2D eigenvalue weighted by molar-refractivity contribution is -0.663. The van der Waals surface area contributed by atoms with Crippen LogP contribution < -0.4 is 20.7 Å². The van der Waals surface area contributed by atoms with Crippen LogP contribution in [0, 0.1) is 27.7 Å². The molecule has 0 aliphatic carbocycles. The molecule has 0 radical (unpaired) electrons. The summed E-state index contributed by atoms with van der Waals surface area (Å²) in [6.45, 7) is 10.1. The summed E-state index contributed by atoms with van der Waals surface area (Å²) in [5, 5.41) is 0. The molecule has 0 fully saturated rings. The molecule has 0 unspecified atom stereocenters. The van der Waals surface area contributed by atoms with Gasteiger partial charge in [0, 0.05) is 13.5 Å². The van der Waals surface area contributed by atoms with Gasteiger partial charge in [-0.3, -0.25) is 13.9 Å². The van der Waals surface area contributed by atoms with Crippen LogP contribution in [0.15, 0.2) is 46.0 Å². The van der Waals surface area contributed by atoms with Crippen molar-refractivity contribution in [3.8, 4) is 0 Å². The third kappa shape index (κ3) is 3.39. The van der Waals surface area contributed by atoms with Crippen LogP contribution >= 0.6 is 0 Å². The van der Waals surface area contributed by atoms with Crippen LogP contribution in [-0.2, 0) is 20.1 Å². The summed E-state index contributed by atoms with van der Waals surface area (Å²) in [6, 6.07) is 12.5. The topological polar surface area (TPSA) is 66.9 Å². The summed E-state index contributed by atoms with van der Waals surface area (Å²) in [6.07, 6.45) is 0.914. The standard InChI is InChI=1S/C26H29N5O2/c1-16-7-8-18(3)20(13-16)15-31-24(32)22-23(28(5)26(31)33)27-25-29(11-6-12-30(22)25)21-10-9-17(2)19(4)14-21/h7-10,13-14H,6,11-12,15H2,1-5H3/p+1. The SMILES string of the molecule is Cc1ccc(C)c(Cn2c(=O)c3c([nH]c4[n+]3CCCN4c3ccc(C)c(C)c3)n(C)c2=O)c1. The number of hydrogen-bond acceptors (Lipinski definition) is 3. The van der Waals surface area contributed by atoms with Crippen LogP contribution in [0.2, 0.25) is 0 Å². The zero-order chi connectivity index (χ0) is 23.4. The van der Waals surface area contributed by atoms with Gasteiger partial charge in [-0.05, 0) is 62.1 Å². The van der Waals surface area contributed by atoms with Gasteiger partial charge in [0.1, 0.15) is 5.69 Å². The molecule has 2 aromatic heterocycles. The molecule has 1 N–H and O–H groups in total. The minimum atomic E-state index is -0.315. The van der Waals surface area contributed by atoms with E-state index >= 15 is 0 Å². The molecule has 0 saturated carbocycles. The van der Waals surface area contributed by atoms with Gasteiger partial charge in [-0.2, -0.15) is 0 Å². The number of nitrogens with one attached hydrogen (secondary N) is 1. The van der Waals surface area contributed by atoms with Crippen LogP contribution in [0.4, 0.5) is 11.6 Å². The minimum Gasteiger partial charge on any atom is -0.267 e. The summed E-state index contributed by atoms with van der Waals surface area (Å²) in [5.41, 5.74) is 7.26. The Balaban J connectivity index is 1.70. The number of benzene rings is 2. The molecule has 0 atom stereocenters. The van der Waals surface area contributed by atoms with Crippen molar-refractivity contribution in [1.82, 2.24) is 14.1 Å². The number of nitrogens with zero attached hydrogens (tertiary/aromatic N) is 4. The van der Waals surface area contributed by atoms with Gasteiger partial charge >= 0.3 is 11.6 Å². The Morgan fingerprint density at radius 1 is 0.970 bits per heavy atom. The number of aromatic amines is 1. The van der Waals surface area contributed by atoms with E-state index in [2.05, 4.69) is 41.9 Å².